The number of aromatic nitrogens is 1. The summed E-state index contributed by atoms with van der Waals surface area (Å²) < 4.78 is 11.0. The van der Waals surface area contributed by atoms with Gasteiger partial charge in [0.1, 0.15) is 5.75 Å². The number of hydrogen-bond acceptors (Lipinski definition) is 4. The topological polar surface area (TPSA) is 94.4 Å². The van der Waals surface area contributed by atoms with E-state index >= 15 is 0 Å². The first-order chi connectivity index (χ1) is 15.4. The fraction of sp³-hybridized carbons (Fsp3) is 0.200. The number of primary amides is 1. The van der Waals surface area contributed by atoms with Crippen LogP contribution in [-0.4, -0.2) is 37.0 Å². The number of ether oxygens (including phenoxy) is 2. The minimum absolute atomic E-state index is 0.197. The van der Waals surface area contributed by atoms with Crippen molar-refractivity contribution in [1.82, 2.24) is 4.98 Å². The SMILES string of the molecule is COCC(C)c1ccc2c(C(=O)COc3cc4ccc(Cl)cc4cc3C(N)=O)c[nH]c2c1. The maximum absolute atomic E-state index is 12.9. The number of methoxy groups -OCH3 is 1. The first-order valence-corrected chi connectivity index (χ1v) is 10.5. The molecule has 6 nitrogen and oxygen atoms in total. The highest BCUT2D eigenvalue weighted by atomic mass is 35.5. The number of carbonyl (C=O) groups is 2. The number of carbonyl (C=O) groups excluding carboxylic acids is 2. The lowest BCUT2D eigenvalue weighted by Crippen LogP contribution is -2.16. The highest BCUT2D eigenvalue weighted by Crippen LogP contribution is 2.29. The van der Waals surface area contributed by atoms with Gasteiger partial charge in [-0.15, -0.1) is 0 Å². The van der Waals surface area contributed by atoms with Gasteiger partial charge in [-0.3, -0.25) is 9.59 Å². The van der Waals surface area contributed by atoms with Crippen molar-refractivity contribution < 1.29 is 19.1 Å². The Morgan fingerprint density at radius 3 is 2.62 bits per heavy atom. The van der Waals surface area contributed by atoms with E-state index in [0.717, 1.165) is 27.2 Å². The average molecular weight is 451 g/mol. The normalized spacial score (nSPS) is 12.2. The zero-order valence-corrected chi connectivity index (χ0v) is 18.5. The molecule has 0 saturated carbocycles. The van der Waals surface area contributed by atoms with Crippen LogP contribution >= 0.6 is 11.6 Å². The molecule has 3 N–H and O–H groups in total. The Bertz CT molecular complexity index is 1330. The average Bonchev–Trinajstić information content (AvgIpc) is 3.20. The van der Waals surface area contributed by atoms with Gasteiger partial charge >= 0.3 is 0 Å². The molecule has 4 rings (SSSR count). The highest BCUT2D eigenvalue weighted by molar-refractivity contribution is 6.31. The summed E-state index contributed by atoms with van der Waals surface area (Å²) in [6.45, 7) is 2.47. The molecule has 4 aromatic rings. The summed E-state index contributed by atoms with van der Waals surface area (Å²) in [5, 5.41) is 2.96. The number of nitrogens with two attached hydrogens (primary N) is 1. The molecule has 0 bridgehead atoms. The second-order valence-electron chi connectivity index (χ2n) is 7.78. The smallest absolute Gasteiger partial charge is 0.252 e. The van der Waals surface area contributed by atoms with E-state index in [4.69, 9.17) is 26.8 Å². The Labute approximate surface area is 190 Å². The van der Waals surface area contributed by atoms with Crippen LogP contribution in [0.2, 0.25) is 5.02 Å². The molecule has 7 heteroatoms. The molecule has 1 heterocycles. The monoisotopic (exact) mass is 450 g/mol. The molecule has 164 valence electrons. The van der Waals surface area contributed by atoms with E-state index in [1.807, 2.05) is 24.3 Å². The third kappa shape index (κ3) is 4.33. The number of hydrogen-bond donors (Lipinski definition) is 2. The summed E-state index contributed by atoms with van der Waals surface area (Å²) >= 11 is 6.04. The van der Waals surface area contributed by atoms with Crippen molar-refractivity contribution >= 4 is 45.0 Å². The van der Waals surface area contributed by atoms with Gasteiger partial charge < -0.3 is 20.2 Å². The van der Waals surface area contributed by atoms with Gasteiger partial charge in [-0.25, -0.2) is 0 Å². The molecule has 0 aliphatic heterocycles. The van der Waals surface area contributed by atoms with E-state index < -0.39 is 5.91 Å². The van der Waals surface area contributed by atoms with Crippen LogP contribution in [0.4, 0.5) is 0 Å². The van der Waals surface area contributed by atoms with Gasteiger partial charge in [0.15, 0.2) is 6.61 Å². The fourth-order valence-corrected chi connectivity index (χ4v) is 3.99. The van der Waals surface area contributed by atoms with Crippen molar-refractivity contribution in [3.63, 3.8) is 0 Å². The van der Waals surface area contributed by atoms with Gasteiger partial charge in [0.25, 0.3) is 5.91 Å². The Morgan fingerprint density at radius 1 is 1.06 bits per heavy atom. The van der Waals surface area contributed by atoms with E-state index in [9.17, 15) is 9.59 Å². The number of benzene rings is 3. The Hall–Kier alpha value is -3.35. The molecule has 1 unspecified atom stereocenters. The second-order valence-corrected chi connectivity index (χ2v) is 8.22. The van der Waals surface area contributed by atoms with E-state index in [-0.39, 0.29) is 29.6 Å². The Kier molecular flexibility index (Phi) is 6.17. The summed E-state index contributed by atoms with van der Waals surface area (Å²) in [5.74, 6) is -0.346. The van der Waals surface area contributed by atoms with Crippen LogP contribution in [0.15, 0.2) is 54.7 Å². The predicted octanol–water partition coefficient (Wildman–Crippen LogP) is 5.09. The quantitative estimate of drug-likeness (QED) is 0.366. The molecule has 1 atom stereocenters. The van der Waals surface area contributed by atoms with E-state index in [1.165, 1.54) is 0 Å². The zero-order valence-electron chi connectivity index (χ0n) is 17.8. The summed E-state index contributed by atoms with van der Waals surface area (Å²) in [6.07, 6.45) is 1.68. The Balaban J connectivity index is 1.58. The van der Waals surface area contributed by atoms with Gasteiger partial charge in [0.2, 0.25) is 5.78 Å². The molecular formula is C25H23ClN2O4. The first kappa shape index (κ1) is 21.9. The van der Waals surface area contributed by atoms with Crippen molar-refractivity contribution in [2.75, 3.05) is 20.3 Å². The molecule has 0 aliphatic carbocycles. The second kappa shape index (κ2) is 9.02. The van der Waals surface area contributed by atoms with E-state index in [2.05, 4.69) is 11.9 Å². The van der Waals surface area contributed by atoms with Gasteiger partial charge in [-0.05, 0) is 46.7 Å². The first-order valence-electron chi connectivity index (χ1n) is 10.2. The number of fused-ring (bicyclic) bond motifs is 2. The van der Waals surface area contributed by atoms with Crippen molar-refractivity contribution in [3.8, 4) is 5.75 Å². The third-order valence-corrected chi connectivity index (χ3v) is 5.75. The van der Waals surface area contributed by atoms with Gasteiger partial charge in [0, 0.05) is 40.7 Å². The van der Waals surface area contributed by atoms with E-state index in [1.54, 1.807) is 37.6 Å². The largest absolute Gasteiger partial charge is 0.485 e. The lowest BCUT2D eigenvalue weighted by molar-refractivity contribution is 0.0914. The number of Topliss-reactive ketones (excluding diaryl/α,β-unsaturated/α-hetero) is 1. The van der Waals surface area contributed by atoms with Crippen LogP contribution in [0.1, 0.15) is 39.1 Å². The number of ketones is 1. The van der Waals surface area contributed by atoms with Gasteiger partial charge in [-0.2, -0.15) is 0 Å². The van der Waals surface area contributed by atoms with Crippen LogP contribution in [0, 0.1) is 0 Å². The standard InChI is InChI=1S/C25H23ClN2O4/c1-14(12-31-2)15-4-6-19-21(11-28-22(19)9-15)23(29)13-32-24-10-16-3-5-18(26)7-17(16)8-20(24)25(27)30/h3-11,14,28H,12-13H2,1-2H3,(H2,27,30). The van der Waals surface area contributed by atoms with Crippen molar-refractivity contribution in [2.45, 2.75) is 12.8 Å². The highest BCUT2D eigenvalue weighted by Gasteiger charge is 2.17. The molecule has 32 heavy (non-hydrogen) atoms. The summed E-state index contributed by atoms with van der Waals surface area (Å²) in [6, 6.07) is 14.6. The molecular weight excluding hydrogens is 428 g/mol. The van der Waals surface area contributed by atoms with Crippen LogP contribution in [0.5, 0.6) is 5.75 Å². The van der Waals surface area contributed by atoms with Crippen LogP contribution in [0.25, 0.3) is 21.7 Å². The summed E-state index contributed by atoms with van der Waals surface area (Å²) in [4.78, 5) is 28.0. The summed E-state index contributed by atoms with van der Waals surface area (Å²) in [5.41, 5.74) is 8.25. The minimum atomic E-state index is -0.640. The molecule has 0 spiro atoms. The Morgan fingerprint density at radius 2 is 1.88 bits per heavy atom. The fourth-order valence-electron chi connectivity index (χ4n) is 3.81. The molecule has 0 aliphatic rings. The number of aromatic amines is 1. The molecule has 1 amide bonds. The number of rotatable bonds is 8. The molecule has 1 aromatic heterocycles. The van der Waals surface area contributed by atoms with Crippen LogP contribution in [0.3, 0.4) is 0 Å². The number of nitrogens with one attached hydrogen (secondary N) is 1. The lowest BCUT2D eigenvalue weighted by Gasteiger charge is -2.12. The number of amides is 1. The maximum atomic E-state index is 12.9. The van der Waals surface area contributed by atoms with E-state index in [0.29, 0.717) is 17.2 Å². The maximum Gasteiger partial charge on any atom is 0.252 e. The van der Waals surface area contributed by atoms with Crippen molar-refractivity contribution in [1.29, 1.82) is 0 Å². The van der Waals surface area contributed by atoms with Crippen LogP contribution in [-0.2, 0) is 4.74 Å². The number of H-pyrrole nitrogens is 1. The van der Waals surface area contributed by atoms with Gasteiger partial charge in [0.05, 0.1) is 12.2 Å². The van der Waals surface area contributed by atoms with Crippen molar-refractivity contribution in [2.24, 2.45) is 5.73 Å². The lowest BCUT2D eigenvalue weighted by atomic mass is 9.99. The number of halogens is 1. The summed E-state index contributed by atoms with van der Waals surface area (Å²) in [7, 11) is 1.68. The predicted molar refractivity (Wildman–Crippen MR) is 126 cm³/mol. The minimum Gasteiger partial charge on any atom is -0.485 e. The third-order valence-electron chi connectivity index (χ3n) is 5.52. The molecule has 0 fully saturated rings. The molecule has 0 radical (unpaired) electrons. The zero-order chi connectivity index (χ0) is 22.8. The van der Waals surface area contributed by atoms with Gasteiger partial charge in [-0.1, -0.05) is 36.7 Å². The molecule has 3 aromatic carbocycles. The van der Waals surface area contributed by atoms with Crippen LogP contribution < -0.4 is 10.5 Å². The van der Waals surface area contributed by atoms with Crippen molar-refractivity contribution in [3.05, 3.63) is 76.4 Å². The molecule has 0 saturated heterocycles.